The number of pyridine rings is 2. The van der Waals surface area contributed by atoms with Gasteiger partial charge in [-0.25, -0.2) is 4.98 Å². The van der Waals surface area contributed by atoms with Gasteiger partial charge in [0.05, 0.1) is 31.8 Å². The van der Waals surface area contributed by atoms with Crippen molar-refractivity contribution in [2.24, 2.45) is 0 Å². The van der Waals surface area contributed by atoms with E-state index in [1.54, 1.807) is 54.8 Å². The summed E-state index contributed by atoms with van der Waals surface area (Å²) in [7, 11) is 1.57. The minimum Gasteiger partial charge on any atom is -0.496 e. The smallest absolute Gasteiger partial charge is 0.262 e. The number of nitrogens with zero attached hydrogens (tertiary/aromatic N) is 5. The molecule has 1 aromatic carbocycles. The molecule has 29 heavy (non-hydrogen) atoms. The number of rotatable bonds is 4. The zero-order valence-corrected chi connectivity index (χ0v) is 15.6. The van der Waals surface area contributed by atoms with Gasteiger partial charge in [-0.15, -0.1) is 0 Å². The Morgan fingerprint density at radius 2 is 1.97 bits per heavy atom. The second-order valence-electron chi connectivity index (χ2n) is 6.71. The van der Waals surface area contributed by atoms with Crippen LogP contribution in [0.5, 0.6) is 5.75 Å². The van der Waals surface area contributed by atoms with Crippen molar-refractivity contribution < 1.29 is 9.84 Å². The molecule has 0 aliphatic heterocycles. The molecule has 144 valence electrons. The highest BCUT2D eigenvalue weighted by molar-refractivity contribution is 6.03. The Hall–Kier alpha value is -3.78. The van der Waals surface area contributed by atoms with Crippen LogP contribution in [0.4, 0.5) is 0 Å². The van der Waals surface area contributed by atoms with E-state index in [9.17, 15) is 9.90 Å². The van der Waals surface area contributed by atoms with Crippen LogP contribution in [-0.2, 0) is 13.2 Å². The van der Waals surface area contributed by atoms with Gasteiger partial charge in [-0.2, -0.15) is 0 Å². The zero-order valence-electron chi connectivity index (χ0n) is 15.6. The number of hydrogen-bond acceptors (Lipinski definition) is 6. The molecule has 0 saturated carbocycles. The summed E-state index contributed by atoms with van der Waals surface area (Å²) in [6.07, 6.45) is 8.35. The number of benzene rings is 1. The van der Waals surface area contributed by atoms with E-state index >= 15 is 0 Å². The summed E-state index contributed by atoms with van der Waals surface area (Å²) in [4.78, 5) is 26.4. The molecule has 0 spiro atoms. The topological polar surface area (TPSA) is 94.5 Å². The number of imidazole rings is 1. The first-order chi connectivity index (χ1) is 14.2. The van der Waals surface area contributed by atoms with E-state index in [2.05, 4.69) is 9.97 Å². The Morgan fingerprint density at radius 3 is 2.79 bits per heavy atom. The van der Waals surface area contributed by atoms with E-state index in [1.807, 2.05) is 16.5 Å². The van der Waals surface area contributed by atoms with Crippen LogP contribution in [0.15, 0.2) is 60.0 Å². The fourth-order valence-electron chi connectivity index (χ4n) is 3.68. The monoisotopic (exact) mass is 387 g/mol. The third kappa shape index (κ3) is 2.65. The molecule has 0 unspecified atom stereocenters. The molecule has 4 heterocycles. The Morgan fingerprint density at radius 1 is 1.10 bits per heavy atom. The summed E-state index contributed by atoms with van der Waals surface area (Å²) in [5.41, 5.74) is 3.45. The van der Waals surface area contributed by atoms with Gasteiger partial charge in [0.25, 0.3) is 5.56 Å². The fourth-order valence-corrected chi connectivity index (χ4v) is 3.68. The molecule has 0 atom stereocenters. The van der Waals surface area contributed by atoms with Crippen LogP contribution >= 0.6 is 0 Å². The minimum atomic E-state index is -0.160. The number of aromatic nitrogens is 5. The second kappa shape index (κ2) is 6.68. The third-order valence-electron chi connectivity index (χ3n) is 5.07. The van der Waals surface area contributed by atoms with Crippen molar-refractivity contribution in [2.45, 2.75) is 13.2 Å². The van der Waals surface area contributed by atoms with Gasteiger partial charge in [-0.3, -0.25) is 23.7 Å². The second-order valence-corrected chi connectivity index (χ2v) is 6.71. The number of methoxy groups -OCH3 is 1. The maximum Gasteiger partial charge on any atom is 0.262 e. The number of ether oxygens (including phenoxy) is 1. The molecule has 0 aliphatic carbocycles. The highest BCUT2D eigenvalue weighted by Crippen LogP contribution is 2.26. The van der Waals surface area contributed by atoms with Crippen LogP contribution in [-0.4, -0.2) is 36.1 Å². The van der Waals surface area contributed by atoms with Crippen LogP contribution in [0.3, 0.4) is 0 Å². The van der Waals surface area contributed by atoms with Crippen molar-refractivity contribution >= 4 is 27.6 Å². The Kier molecular flexibility index (Phi) is 3.99. The first-order valence-electron chi connectivity index (χ1n) is 9.06. The maximum atomic E-state index is 13.4. The quantitative estimate of drug-likeness (QED) is 0.508. The summed E-state index contributed by atoms with van der Waals surface area (Å²) >= 11 is 0. The predicted octanol–water partition coefficient (Wildman–Crippen LogP) is 2.14. The van der Waals surface area contributed by atoms with Crippen LogP contribution < -0.4 is 10.3 Å². The van der Waals surface area contributed by atoms with Gasteiger partial charge < -0.3 is 9.84 Å². The molecule has 0 fully saturated rings. The molecule has 1 N–H and O–H groups in total. The number of fused-ring (bicyclic) bond motifs is 5. The predicted molar refractivity (Wildman–Crippen MR) is 108 cm³/mol. The normalized spacial score (nSPS) is 11.5. The summed E-state index contributed by atoms with van der Waals surface area (Å²) in [5.74, 6) is 0.610. The lowest BCUT2D eigenvalue weighted by molar-refractivity contribution is 0.281. The molecule has 0 amide bonds. The first kappa shape index (κ1) is 17.3. The van der Waals surface area contributed by atoms with Gasteiger partial charge in [0.2, 0.25) is 0 Å². The lowest BCUT2D eigenvalue weighted by Gasteiger charge is -2.14. The summed E-state index contributed by atoms with van der Waals surface area (Å²) in [5, 5.41) is 10.7. The van der Waals surface area contributed by atoms with Gasteiger partial charge in [0.15, 0.2) is 5.65 Å². The maximum absolute atomic E-state index is 13.4. The van der Waals surface area contributed by atoms with Gasteiger partial charge in [-0.05, 0) is 17.7 Å². The highest BCUT2D eigenvalue weighted by Gasteiger charge is 2.18. The zero-order chi connectivity index (χ0) is 20.0. The van der Waals surface area contributed by atoms with E-state index in [0.717, 1.165) is 16.5 Å². The summed E-state index contributed by atoms with van der Waals surface area (Å²) < 4.78 is 9.03. The highest BCUT2D eigenvalue weighted by atomic mass is 16.5. The molecule has 5 rings (SSSR count). The van der Waals surface area contributed by atoms with E-state index in [4.69, 9.17) is 9.72 Å². The van der Waals surface area contributed by atoms with E-state index in [0.29, 0.717) is 27.9 Å². The average molecular weight is 387 g/mol. The molecule has 8 nitrogen and oxygen atoms in total. The summed E-state index contributed by atoms with van der Waals surface area (Å²) in [6.45, 7) is 0.202. The van der Waals surface area contributed by atoms with Crippen LogP contribution in [0.25, 0.3) is 27.6 Å². The van der Waals surface area contributed by atoms with Crippen molar-refractivity contribution in [3.63, 3.8) is 0 Å². The van der Waals surface area contributed by atoms with Crippen LogP contribution in [0, 0.1) is 0 Å². The lowest BCUT2D eigenvalue weighted by atomic mass is 10.1. The first-order valence-corrected chi connectivity index (χ1v) is 9.06. The van der Waals surface area contributed by atoms with Crippen molar-refractivity contribution in [3.05, 3.63) is 76.7 Å². The third-order valence-corrected chi connectivity index (χ3v) is 5.07. The number of aliphatic hydroxyl groups is 1. The summed E-state index contributed by atoms with van der Waals surface area (Å²) in [6, 6.07) is 7.26. The van der Waals surface area contributed by atoms with Crippen molar-refractivity contribution in [1.82, 2.24) is 23.9 Å². The molecule has 8 heteroatoms. The van der Waals surface area contributed by atoms with Gasteiger partial charge >= 0.3 is 0 Å². The molecule has 0 aliphatic rings. The molecule has 0 saturated heterocycles. The Bertz CT molecular complexity index is 1440. The van der Waals surface area contributed by atoms with E-state index in [1.165, 1.54) is 0 Å². The van der Waals surface area contributed by atoms with Crippen molar-refractivity contribution in [1.29, 1.82) is 0 Å². The lowest BCUT2D eigenvalue weighted by Crippen LogP contribution is -2.22. The standard InChI is InChI=1S/C21H17N5O3/c1-29-17-8-13(12-27)2-3-14(17)11-26-20-19(24-18-10-23-6-7-25(18)20)15-4-5-22-9-16(15)21(26)28/h2-10,27H,11-12H2,1H3. The number of hydrogen-bond donors (Lipinski definition) is 1. The average Bonchev–Trinajstić information content (AvgIpc) is 3.16. The van der Waals surface area contributed by atoms with Crippen molar-refractivity contribution in [2.75, 3.05) is 7.11 Å². The van der Waals surface area contributed by atoms with E-state index in [-0.39, 0.29) is 18.7 Å². The van der Waals surface area contributed by atoms with Crippen molar-refractivity contribution in [3.8, 4) is 5.75 Å². The molecule has 5 aromatic rings. The minimum absolute atomic E-state index is 0.0806. The van der Waals surface area contributed by atoms with Gasteiger partial charge in [-0.1, -0.05) is 12.1 Å². The largest absolute Gasteiger partial charge is 0.496 e. The Balaban J connectivity index is 1.85. The van der Waals surface area contributed by atoms with E-state index < -0.39 is 0 Å². The molecule has 0 radical (unpaired) electrons. The molecular formula is C21H17N5O3. The molecular weight excluding hydrogens is 370 g/mol. The molecule has 0 bridgehead atoms. The fraction of sp³-hybridized carbons (Fsp3) is 0.143. The van der Waals surface area contributed by atoms with Gasteiger partial charge in [0, 0.05) is 35.7 Å². The Labute approximate surface area is 164 Å². The van der Waals surface area contributed by atoms with Crippen LogP contribution in [0.2, 0.25) is 0 Å². The molecule has 4 aromatic heterocycles. The number of aliphatic hydroxyl groups excluding tert-OH is 1. The van der Waals surface area contributed by atoms with Crippen LogP contribution in [0.1, 0.15) is 11.1 Å². The van der Waals surface area contributed by atoms with Gasteiger partial charge in [0.1, 0.15) is 16.9 Å². The SMILES string of the molecule is COc1cc(CO)ccc1Cn1c(=O)c2cnccc2c2nc3cnccn3c21.